The van der Waals surface area contributed by atoms with Gasteiger partial charge in [-0.05, 0) is 36.4 Å². The minimum absolute atomic E-state index is 0.311. The molecule has 0 aliphatic heterocycles. The normalized spacial score (nSPS) is 11.9. The number of nitrogens with zero attached hydrogens (tertiary/aromatic N) is 2. The van der Waals surface area contributed by atoms with Crippen LogP contribution in [0.2, 0.25) is 10.0 Å². The highest BCUT2D eigenvalue weighted by molar-refractivity contribution is 9.10. The Kier molecular flexibility index (Phi) is 5.25. The van der Waals surface area contributed by atoms with E-state index >= 15 is 0 Å². The van der Waals surface area contributed by atoms with Crippen molar-refractivity contribution in [2.45, 2.75) is 6.54 Å². The molecule has 0 fully saturated rings. The van der Waals surface area contributed by atoms with E-state index in [0.29, 0.717) is 27.0 Å². The maximum absolute atomic E-state index is 12.4. The molecule has 0 aliphatic rings. The fourth-order valence-electron chi connectivity index (χ4n) is 2.26. The van der Waals surface area contributed by atoms with Crippen molar-refractivity contribution in [1.82, 2.24) is 4.57 Å². The first-order valence-electron chi connectivity index (χ1n) is 6.93. The van der Waals surface area contributed by atoms with Gasteiger partial charge in [0.2, 0.25) is 0 Å². The van der Waals surface area contributed by atoms with Gasteiger partial charge in [0, 0.05) is 21.6 Å². The second-order valence-corrected chi connectivity index (χ2v) is 7.71. The van der Waals surface area contributed by atoms with Gasteiger partial charge in [0.05, 0.1) is 15.2 Å². The van der Waals surface area contributed by atoms with E-state index in [4.69, 9.17) is 23.2 Å². The Morgan fingerprint density at radius 2 is 2.00 bits per heavy atom. The molecule has 0 radical (unpaired) electrons. The Hall–Kier alpha value is -1.40. The molecular formula is C17H11BrCl2N2OS. The topological polar surface area (TPSA) is 34.4 Å². The van der Waals surface area contributed by atoms with Crippen LogP contribution in [0.5, 0.6) is 0 Å². The van der Waals surface area contributed by atoms with E-state index in [1.807, 2.05) is 22.8 Å². The number of hydrogen-bond donors (Lipinski definition) is 0. The molecule has 0 saturated carbocycles. The van der Waals surface area contributed by atoms with Crippen LogP contribution in [-0.4, -0.2) is 10.5 Å². The van der Waals surface area contributed by atoms with Crippen molar-refractivity contribution in [1.29, 1.82) is 0 Å². The van der Waals surface area contributed by atoms with Crippen LogP contribution in [0.3, 0.4) is 0 Å². The zero-order chi connectivity index (χ0) is 17.3. The predicted molar refractivity (Wildman–Crippen MR) is 104 cm³/mol. The molecule has 1 amide bonds. The van der Waals surface area contributed by atoms with Crippen LogP contribution >= 0.6 is 50.5 Å². The van der Waals surface area contributed by atoms with Crippen molar-refractivity contribution < 1.29 is 4.79 Å². The zero-order valence-electron chi connectivity index (χ0n) is 12.3. The fraction of sp³-hybridized carbons (Fsp3) is 0.0588. The summed E-state index contributed by atoms with van der Waals surface area (Å²) in [5.74, 6) is -0.311. The average molecular weight is 442 g/mol. The molecule has 0 atom stereocenters. The molecule has 1 heterocycles. The predicted octanol–water partition coefficient (Wildman–Crippen LogP) is 5.70. The first-order valence-corrected chi connectivity index (χ1v) is 9.30. The van der Waals surface area contributed by atoms with Crippen LogP contribution in [0.1, 0.15) is 10.4 Å². The number of carbonyl (C=O) groups excluding carboxylic acids is 1. The molecule has 122 valence electrons. The smallest absolute Gasteiger partial charge is 0.279 e. The van der Waals surface area contributed by atoms with Gasteiger partial charge in [-0.15, -0.1) is 6.58 Å². The van der Waals surface area contributed by atoms with Crippen LogP contribution in [0.25, 0.3) is 10.2 Å². The molecule has 3 aromatic rings. The highest BCUT2D eigenvalue weighted by Crippen LogP contribution is 2.29. The first-order chi connectivity index (χ1) is 11.5. The van der Waals surface area contributed by atoms with E-state index in [1.54, 1.807) is 24.3 Å². The standard InChI is InChI=1S/C17H11BrCl2N2OS/c1-2-7-22-15-13(20)8-12(19)9-14(15)24-17(22)21-16(23)10-3-5-11(18)6-4-10/h2-6,8-9H,1,7H2. The number of benzene rings is 2. The lowest BCUT2D eigenvalue weighted by molar-refractivity contribution is 0.0998. The summed E-state index contributed by atoms with van der Waals surface area (Å²) in [6.45, 7) is 4.25. The van der Waals surface area contributed by atoms with Crippen LogP contribution in [-0.2, 0) is 6.54 Å². The van der Waals surface area contributed by atoms with E-state index in [9.17, 15) is 4.79 Å². The van der Waals surface area contributed by atoms with Gasteiger partial charge in [0.25, 0.3) is 5.91 Å². The summed E-state index contributed by atoms with van der Waals surface area (Å²) in [4.78, 5) is 17.3. The Labute approximate surface area is 161 Å². The van der Waals surface area contributed by atoms with Gasteiger partial charge in [0.1, 0.15) is 0 Å². The maximum Gasteiger partial charge on any atom is 0.279 e. The van der Waals surface area contributed by atoms with Gasteiger partial charge in [-0.2, -0.15) is 4.99 Å². The number of carbonyl (C=O) groups is 1. The molecule has 0 aliphatic carbocycles. The van der Waals surface area contributed by atoms with Gasteiger partial charge in [0.15, 0.2) is 4.80 Å². The fourth-order valence-corrected chi connectivity index (χ4v) is 4.34. The number of aromatic nitrogens is 1. The highest BCUT2D eigenvalue weighted by atomic mass is 79.9. The Bertz CT molecular complexity index is 1010. The van der Waals surface area contributed by atoms with Crippen molar-refractivity contribution in [3.63, 3.8) is 0 Å². The molecule has 2 aromatic carbocycles. The largest absolute Gasteiger partial charge is 0.311 e. The first kappa shape index (κ1) is 17.4. The van der Waals surface area contributed by atoms with Crippen LogP contribution in [0, 0.1) is 0 Å². The maximum atomic E-state index is 12.4. The summed E-state index contributed by atoms with van der Waals surface area (Å²) < 4.78 is 3.64. The van der Waals surface area contributed by atoms with Crippen molar-refractivity contribution in [2.24, 2.45) is 4.99 Å². The molecule has 0 unspecified atom stereocenters. The molecule has 0 saturated heterocycles. The van der Waals surface area contributed by atoms with Crippen LogP contribution in [0.15, 0.2) is 58.5 Å². The number of thiazole rings is 1. The van der Waals surface area contributed by atoms with Gasteiger partial charge in [-0.25, -0.2) is 0 Å². The number of allylic oxidation sites excluding steroid dienone is 1. The monoisotopic (exact) mass is 440 g/mol. The van der Waals surface area contributed by atoms with Crippen molar-refractivity contribution in [3.05, 3.63) is 73.9 Å². The molecule has 0 N–H and O–H groups in total. The van der Waals surface area contributed by atoms with E-state index in [2.05, 4.69) is 27.5 Å². The number of fused-ring (bicyclic) bond motifs is 1. The second-order valence-electron chi connectivity index (χ2n) is 4.94. The lowest BCUT2D eigenvalue weighted by Gasteiger charge is -2.03. The lowest BCUT2D eigenvalue weighted by atomic mass is 10.2. The van der Waals surface area contributed by atoms with E-state index in [1.165, 1.54) is 11.3 Å². The summed E-state index contributed by atoms with van der Waals surface area (Å²) in [7, 11) is 0. The van der Waals surface area contributed by atoms with Crippen LogP contribution < -0.4 is 4.80 Å². The molecule has 24 heavy (non-hydrogen) atoms. The zero-order valence-corrected chi connectivity index (χ0v) is 16.2. The third kappa shape index (κ3) is 3.49. The van der Waals surface area contributed by atoms with Gasteiger partial charge in [-0.1, -0.05) is 56.5 Å². The summed E-state index contributed by atoms with van der Waals surface area (Å²) >= 11 is 17.1. The average Bonchev–Trinajstić information content (AvgIpc) is 2.85. The Balaban J connectivity index is 2.19. The SMILES string of the molecule is C=CCn1c(=NC(=O)c2ccc(Br)cc2)sc2cc(Cl)cc(Cl)c21. The number of amides is 1. The number of hydrogen-bond acceptors (Lipinski definition) is 2. The highest BCUT2D eigenvalue weighted by Gasteiger charge is 2.12. The minimum Gasteiger partial charge on any atom is -0.311 e. The minimum atomic E-state index is -0.311. The van der Waals surface area contributed by atoms with Crippen LogP contribution in [0.4, 0.5) is 0 Å². The van der Waals surface area contributed by atoms with E-state index in [-0.39, 0.29) is 5.91 Å². The lowest BCUT2D eigenvalue weighted by Crippen LogP contribution is -2.16. The van der Waals surface area contributed by atoms with E-state index < -0.39 is 0 Å². The Morgan fingerprint density at radius 3 is 2.67 bits per heavy atom. The summed E-state index contributed by atoms with van der Waals surface area (Å²) in [6, 6.07) is 10.6. The van der Waals surface area contributed by atoms with E-state index in [0.717, 1.165) is 14.7 Å². The van der Waals surface area contributed by atoms with Crippen molar-refractivity contribution >= 4 is 66.6 Å². The van der Waals surface area contributed by atoms with Gasteiger partial charge >= 0.3 is 0 Å². The van der Waals surface area contributed by atoms with Gasteiger partial charge < -0.3 is 4.57 Å². The molecule has 0 bridgehead atoms. The molecule has 7 heteroatoms. The van der Waals surface area contributed by atoms with Gasteiger partial charge in [-0.3, -0.25) is 4.79 Å². The molecular weight excluding hydrogens is 431 g/mol. The molecule has 3 rings (SSSR count). The molecule has 3 nitrogen and oxygen atoms in total. The number of halogens is 3. The third-order valence-electron chi connectivity index (χ3n) is 3.30. The summed E-state index contributed by atoms with van der Waals surface area (Å²) in [5.41, 5.74) is 1.32. The third-order valence-corrected chi connectivity index (χ3v) is 5.36. The molecule has 0 spiro atoms. The summed E-state index contributed by atoms with van der Waals surface area (Å²) in [6.07, 6.45) is 1.74. The second kappa shape index (κ2) is 7.23. The van der Waals surface area contributed by atoms with Crippen molar-refractivity contribution in [3.8, 4) is 0 Å². The van der Waals surface area contributed by atoms with Crippen molar-refractivity contribution in [2.75, 3.05) is 0 Å². The summed E-state index contributed by atoms with van der Waals surface area (Å²) in [5, 5.41) is 1.07. The quantitative estimate of drug-likeness (QED) is 0.480. The number of rotatable bonds is 3. The Morgan fingerprint density at radius 1 is 1.29 bits per heavy atom. The molecule has 1 aromatic heterocycles.